The average molecular weight is 412 g/mol. The molecule has 7 nitrogen and oxygen atoms in total. The zero-order valence-electron chi connectivity index (χ0n) is 18.1. The van der Waals surface area contributed by atoms with E-state index in [4.69, 9.17) is 15.2 Å². The van der Waals surface area contributed by atoms with Crippen molar-refractivity contribution in [3.05, 3.63) is 41.7 Å². The number of benzene rings is 1. The van der Waals surface area contributed by atoms with Gasteiger partial charge in [-0.2, -0.15) is 9.97 Å². The Morgan fingerprint density at radius 2 is 1.40 bits per heavy atom. The second-order valence-electron chi connectivity index (χ2n) is 7.78. The topological polar surface area (TPSA) is 88.1 Å². The van der Waals surface area contributed by atoms with Crippen molar-refractivity contribution in [1.29, 1.82) is 0 Å². The van der Waals surface area contributed by atoms with E-state index in [1.165, 1.54) is 51.4 Å². The predicted molar refractivity (Wildman–Crippen MR) is 119 cm³/mol. The van der Waals surface area contributed by atoms with Crippen molar-refractivity contribution < 1.29 is 9.47 Å². The fourth-order valence-electron chi connectivity index (χ4n) is 3.56. The molecule has 30 heavy (non-hydrogen) atoms. The Kier molecular flexibility index (Phi) is 8.44. The molecule has 1 fully saturated rings. The number of nitrogens with zero attached hydrogens (tertiary/aromatic N) is 4. The van der Waals surface area contributed by atoms with Crippen LogP contribution >= 0.6 is 0 Å². The van der Waals surface area contributed by atoms with Gasteiger partial charge in [0.2, 0.25) is 11.8 Å². The lowest BCUT2D eigenvalue weighted by atomic mass is 10.0. The first-order valence-electron chi connectivity index (χ1n) is 10.8. The molecule has 2 N–H and O–H groups in total. The van der Waals surface area contributed by atoms with Gasteiger partial charge in [-0.05, 0) is 11.1 Å². The lowest BCUT2D eigenvalue weighted by molar-refractivity contribution is 0.185. The number of nitrogen functional groups attached to an aromatic ring is 1. The minimum atomic E-state index is 0.168. The number of ether oxygens (including phenoxy) is 2. The molecule has 7 heteroatoms. The molecule has 0 atom stereocenters. The van der Waals surface area contributed by atoms with E-state index in [0.29, 0.717) is 30.3 Å². The number of hydrogen-bond acceptors (Lipinski definition) is 6. The smallest absolute Gasteiger partial charge is 0.247 e. The van der Waals surface area contributed by atoms with Crippen LogP contribution in [-0.2, 0) is 25.0 Å². The number of aryl methyl sites for hydroxylation is 1. The largest absolute Gasteiger partial charge is 0.471 e. The molecular weight excluding hydrogens is 378 g/mol. The standard InChI is InChI=1S/C15H17N5O2.C8H16/c1-20-9-17-12-13(20)18-15(16)19-14(12)22-8-11-5-3-10(4-6-11)7-21-2;1-2-4-6-8-7-5-3-1/h3-6,9H,7-8H2,1-2H3,(H2,16,18,19);1-8H2. The van der Waals surface area contributed by atoms with Crippen LogP contribution in [0.15, 0.2) is 30.6 Å². The quantitative estimate of drug-likeness (QED) is 0.649. The summed E-state index contributed by atoms with van der Waals surface area (Å²) in [4.78, 5) is 12.5. The third kappa shape index (κ3) is 6.42. The van der Waals surface area contributed by atoms with Crippen LogP contribution in [0, 0.1) is 0 Å². The summed E-state index contributed by atoms with van der Waals surface area (Å²) in [5.74, 6) is 0.561. The van der Waals surface area contributed by atoms with Gasteiger partial charge in [-0.15, -0.1) is 0 Å². The first kappa shape index (κ1) is 22.0. The van der Waals surface area contributed by atoms with E-state index in [-0.39, 0.29) is 5.95 Å². The number of fused-ring (bicyclic) bond motifs is 1. The highest BCUT2D eigenvalue weighted by Gasteiger charge is 2.12. The van der Waals surface area contributed by atoms with Crippen LogP contribution in [0.4, 0.5) is 5.95 Å². The molecule has 2 aromatic heterocycles. The maximum absolute atomic E-state index is 5.76. The molecule has 2 heterocycles. The Morgan fingerprint density at radius 3 is 1.93 bits per heavy atom. The van der Waals surface area contributed by atoms with Gasteiger partial charge < -0.3 is 19.8 Å². The third-order valence-corrected chi connectivity index (χ3v) is 5.25. The van der Waals surface area contributed by atoms with E-state index in [1.807, 2.05) is 31.3 Å². The minimum absolute atomic E-state index is 0.168. The summed E-state index contributed by atoms with van der Waals surface area (Å²) >= 11 is 0. The van der Waals surface area contributed by atoms with Crippen molar-refractivity contribution in [1.82, 2.24) is 19.5 Å². The first-order chi connectivity index (χ1) is 14.7. The van der Waals surface area contributed by atoms with Crippen molar-refractivity contribution in [2.75, 3.05) is 12.8 Å². The van der Waals surface area contributed by atoms with Crippen LogP contribution in [0.3, 0.4) is 0 Å². The summed E-state index contributed by atoms with van der Waals surface area (Å²) in [6.07, 6.45) is 13.7. The summed E-state index contributed by atoms with van der Waals surface area (Å²) in [5.41, 5.74) is 9.12. The van der Waals surface area contributed by atoms with Gasteiger partial charge in [-0.1, -0.05) is 75.6 Å². The summed E-state index contributed by atoms with van der Waals surface area (Å²) in [5, 5.41) is 0. The molecule has 1 aliphatic carbocycles. The molecule has 0 aliphatic heterocycles. The van der Waals surface area contributed by atoms with Gasteiger partial charge in [0, 0.05) is 14.2 Å². The summed E-state index contributed by atoms with van der Waals surface area (Å²) < 4.78 is 12.6. The molecule has 1 aromatic carbocycles. The second kappa shape index (κ2) is 11.5. The van der Waals surface area contributed by atoms with Crippen molar-refractivity contribution in [3.8, 4) is 5.88 Å². The van der Waals surface area contributed by atoms with Gasteiger partial charge >= 0.3 is 0 Å². The van der Waals surface area contributed by atoms with Crippen molar-refractivity contribution in [2.45, 2.75) is 64.6 Å². The Bertz CT molecular complexity index is 884. The van der Waals surface area contributed by atoms with Crippen molar-refractivity contribution in [2.24, 2.45) is 7.05 Å². The molecule has 0 bridgehead atoms. The second-order valence-corrected chi connectivity index (χ2v) is 7.78. The van der Waals surface area contributed by atoms with Crippen LogP contribution in [0.1, 0.15) is 62.5 Å². The highest BCUT2D eigenvalue weighted by Crippen LogP contribution is 2.22. The van der Waals surface area contributed by atoms with Gasteiger partial charge in [0.15, 0.2) is 11.2 Å². The molecule has 0 amide bonds. The maximum atomic E-state index is 5.76. The molecule has 0 radical (unpaired) electrons. The number of anilines is 1. The monoisotopic (exact) mass is 411 g/mol. The fraction of sp³-hybridized carbons (Fsp3) is 0.522. The van der Waals surface area contributed by atoms with E-state index in [1.54, 1.807) is 18.0 Å². The summed E-state index contributed by atoms with van der Waals surface area (Å²) in [6.45, 7) is 0.980. The third-order valence-electron chi connectivity index (χ3n) is 5.25. The van der Waals surface area contributed by atoms with Crippen LogP contribution in [0.25, 0.3) is 11.2 Å². The lowest BCUT2D eigenvalue weighted by Gasteiger charge is -2.07. The highest BCUT2D eigenvalue weighted by molar-refractivity contribution is 5.77. The lowest BCUT2D eigenvalue weighted by Crippen LogP contribution is -2.03. The SMILES string of the molecule is C1CCCCCCC1.COCc1ccc(COc2nc(N)nc3c2ncn3C)cc1. The van der Waals surface area contributed by atoms with Gasteiger partial charge in [0.1, 0.15) is 6.61 Å². The molecule has 162 valence electrons. The Balaban J connectivity index is 0.000000269. The van der Waals surface area contributed by atoms with Gasteiger partial charge in [-0.25, -0.2) is 4.98 Å². The number of rotatable bonds is 5. The number of methoxy groups -OCH3 is 1. The zero-order chi connectivity index (χ0) is 21.2. The molecule has 0 unspecified atom stereocenters. The molecule has 0 saturated heterocycles. The predicted octanol–water partition coefficient (Wildman–Crippen LogP) is 4.79. The maximum Gasteiger partial charge on any atom is 0.247 e. The molecule has 1 saturated carbocycles. The van der Waals surface area contributed by atoms with Gasteiger partial charge in [0.05, 0.1) is 12.9 Å². The minimum Gasteiger partial charge on any atom is -0.471 e. The number of imidazole rings is 1. The van der Waals surface area contributed by atoms with Crippen LogP contribution in [-0.4, -0.2) is 26.6 Å². The van der Waals surface area contributed by atoms with E-state index >= 15 is 0 Å². The molecule has 3 aromatic rings. The van der Waals surface area contributed by atoms with Gasteiger partial charge in [0.25, 0.3) is 0 Å². The van der Waals surface area contributed by atoms with Gasteiger partial charge in [-0.3, -0.25) is 0 Å². The first-order valence-corrected chi connectivity index (χ1v) is 10.8. The van der Waals surface area contributed by atoms with Crippen molar-refractivity contribution >= 4 is 17.1 Å². The molecule has 4 rings (SSSR count). The number of nitrogens with two attached hydrogens (primary N) is 1. The highest BCUT2D eigenvalue weighted by atomic mass is 16.5. The van der Waals surface area contributed by atoms with Crippen LogP contribution < -0.4 is 10.5 Å². The molecular formula is C23H33N5O2. The average Bonchev–Trinajstić information content (AvgIpc) is 3.08. The Labute approximate surface area is 178 Å². The van der Waals surface area contributed by atoms with E-state index < -0.39 is 0 Å². The zero-order valence-corrected chi connectivity index (χ0v) is 18.1. The number of aromatic nitrogens is 4. The van der Waals surface area contributed by atoms with Crippen molar-refractivity contribution in [3.63, 3.8) is 0 Å². The van der Waals surface area contributed by atoms with E-state index in [9.17, 15) is 0 Å². The number of hydrogen-bond donors (Lipinski definition) is 1. The Hall–Kier alpha value is -2.67. The molecule has 0 spiro atoms. The normalized spacial score (nSPS) is 14.5. The Morgan fingerprint density at radius 1 is 0.867 bits per heavy atom. The fourth-order valence-corrected chi connectivity index (χ4v) is 3.56. The van der Waals surface area contributed by atoms with Crippen LogP contribution in [0.2, 0.25) is 0 Å². The van der Waals surface area contributed by atoms with E-state index in [0.717, 1.165) is 11.1 Å². The van der Waals surface area contributed by atoms with Crippen LogP contribution in [0.5, 0.6) is 5.88 Å². The summed E-state index contributed by atoms with van der Waals surface area (Å²) in [7, 11) is 3.52. The molecule has 1 aliphatic rings. The summed E-state index contributed by atoms with van der Waals surface area (Å²) in [6, 6.07) is 8.00. The van der Waals surface area contributed by atoms with E-state index in [2.05, 4.69) is 15.0 Å².